The van der Waals surface area contributed by atoms with Crippen molar-refractivity contribution in [2.45, 2.75) is 6.18 Å². The number of halogens is 3. The first-order valence-electron chi connectivity index (χ1n) is 7.16. The maximum absolute atomic E-state index is 12.8. The van der Waals surface area contributed by atoms with Gasteiger partial charge in [0, 0.05) is 28.8 Å². The van der Waals surface area contributed by atoms with Gasteiger partial charge in [0.1, 0.15) is 0 Å². The van der Waals surface area contributed by atoms with Crippen molar-refractivity contribution in [3.8, 4) is 0 Å². The van der Waals surface area contributed by atoms with Crippen LogP contribution in [0.15, 0.2) is 65.5 Å². The first-order chi connectivity index (χ1) is 12.7. The Morgan fingerprint density at radius 1 is 1.41 bits per heavy atom. The number of nitrogens with one attached hydrogen (secondary N) is 1. The fraction of sp³-hybridized carbons (Fsp3) is 0.0625. The summed E-state index contributed by atoms with van der Waals surface area (Å²) in [6.45, 7) is 3.31. The maximum Gasteiger partial charge on any atom is 0.416 e. The minimum atomic E-state index is -4.48. The van der Waals surface area contributed by atoms with E-state index in [4.69, 9.17) is 0 Å². The molecule has 1 N–H and O–H groups in total. The molecule has 0 aliphatic carbocycles. The predicted molar refractivity (Wildman–Crippen MR) is 95.9 cm³/mol. The highest BCUT2D eigenvalue weighted by molar-refractivity contribution is 7.13. The lowest BCUT2D eigenvalue weighted by molar-refractivity contribution is -0.418. The molecule has 0 spiro atoms. The zero-order valence-corrected chi connectivity index (χ0v) is 14.3. The molecule has 0 fully saturated rings. The van der Waals surface area contributed by atoms with Crippen molar-refractivity contribution >= 4 is 27.7 Å². The number of nitrogens with zero attached hydrogens (tertiary/aromatic N) is 3. The van der Waals surface area contributed by atoms with Crippen molar-refractivity contribution in [2.75, 3.05) is 5.32 Å². The quantitative estimate of drug-likeness (QED) is 0.294. The van der Waals surface area contributed by atoms with Crippen LogP contribution in [0.4, 0.5) is 24.0 Å². The number of thiazole rings is 1. The standard InChI is InChI=1S/C16H11F3N4O3S/c1-2-13(23(25)26)6-10(8-20-24)14-9-27-15(22-14)21-12-5-3-4-11(7-12)16(17,18)19/h2-9H,1H2,(H,21,22)/b10-8+,13-6+. The van der Waals surface area contributed by atoms with Gasteiger partial charge in [-0.1, -0.05) is 12.6 Å². The van der Waals surface area contributed by atoms with Crippen LogP contribution >= 0.6 is 11.3 Å². The summed E-state index contributed by atoms with van der Waals surface area (Å²) in [4.78, 5) is 24.9. The average Bonchev–Trinajstić information content (AvgIpc) is 3.06. The zero-order chi connectivity index (χ0) is 20.0. The van der Waals surface area contributed by atoms with Crippen LogP contribution in [-0.4, -0.2) is 9.91 Å². The van der Waals surface area contributed by atoms with Gasteiger partial charge in [0.15, 0.2) is 5.13 Å². The van der Waals surface area contributed by atoms with Crippen molar-refractivity contribution in [2.24, 2.45) is 5.18 Å². The van der Waals surface area contributed by atoms with E-state index in [1.54, 1.807) is 0 Å². The molecule has 0 radical (unpaired) electrons. The number of hydrogen-bond acceptors (Lipinski definition) is 7. The second kappa shape index (κ2) is 8.36. The molecule has 7 nitrogen and oxygen atoms in total. The summed E-state index contributed by atoms with van der Waals surface area (Å²) >= 11 is 1.04. The normalized spacial score (nSPS) is 12.6. The maximum atomic E-state index is 12.8. The Hall–Kier alpha value is -3.34. The Kier molecular flexibility index (Phi) is 6.19. The van der Waals surface area contributed by atoms with Crippen LogP contribution in [0.1, 0.15) is 11.3 Å². The van der Waals surface area contributed by atoms with Gasteiger partial charge in [-0.15, -0.1) is 16.2 Å². The number of hydrogen-bond donors (Lipinski definition) is 1. The molecule has 11 heteroatoms. The van der Waals surface area contributed by atoms with Crippen LogP contribution < -0.4 is 5.32 Å². The van der Waals surface area contributed by atoms with Crippen LogP contribution in [0.5, 0.6) is 0 Å². The fourth-order valence-corrected chi connectivity index (χ4v) is 2.68. The highest BCUT2D eigenvalue weighted by atomic mass is 32.1. The summed E-state index contributed by atoms with van der Waals surface area (Å²) in [6, 6.07) is 4.54. The van der Waals surface area contributed by atoms with Crippen molar-refractivity contribution in [1.29, 1.82) is 0 Å². The second-order valence-electron chi connectivity index (χ2n) is 4.96. The third-order valence-electron chi connectivity index (χ3n) is 3.16. The molecule has 0 aliphatic rings. The highest BCUT2D eigenvalue weighted by Gasteiger charge is 2.30. The Morgan fingerprint density at radius 2 is 2.15 bits per heavy atom. The van der Waals surface area contributed by atoms with Gasteiger partial charge in [0.05, 0.1) is 22.4 Å². The molecule has 140 valence electrons. The van der Waals surface area contributed by atoms with Crippen LogP contribution in [0.2, 0.25) is 0 Å². The van der Waals surface area contributed by atoms with Crippen molar-refractivity contribution in [3.05, 3.63) is 86.6 Å². The minimum absolute atomic E-state index is 0.0601. The number of benzene rings is 1. The molecule has 2 rings (SSSR count). The van der Waals surface area contributed by atoms with Gasteiger partial charge in [-0.05, 0) is 23.4 Å². The summed E-state index contributed by atoms with van der Waals surface area (Å²) in [6.07, 6.45) is -1.58. The molecule has 0 amide bonds. The average molecular weight is 396 g/mol. The number of allylic oxidation sites excluding steroid dienone is 3. The van der Waals surface area contributed by atoms with Gasteiger partial charge in [0.2, 0.25) is 0 Å². The zero-order valence-electron chi connectivity index (χ0n) is 13.4. The van der Waals surface area contributed by atoms with Crippen molar-refractivity contribution in [3.63, 3.8) is 0 Å². The Balaban J connectivity index is 2.30. The van der Waals surface area contributed by atoms with Crippen molar-refractivity contribution < 1.29 is 18.1 Å². The van der Waals surface area contributed by atoms with E-state index >= 15 is 0 Å². The number of nitroso groups, excluding NO2 is 1. The number of rotatable bonds is 7. The van der Waals surface area contributed by atoms with Gasteiger partial charge in [-0.2, -0.15) is 13.2 Å². The molecule has 0 saturated heterocycles. The van der Waals surface area contributed by atoms with E-state index in [0.29, 0.717) is 0 Å². The monoisotopic (exact) mass is 396 g/mol. The summed E-state index contributed by atoms with van der Waals surface area (Å²) < 4.78 is 38.3. The fourth-order valence-electron chi connectivity index (χ4n) is 1.94. The smallest absolute Gasteiger partial charge is 0.332 e. The highest BCUT2D eigenvalue weighted by Crippen LogP contribution is 2.32. The Labute approximate surface area is 154 Å². The summed E-state index contributed by atoms with van der Waals surface area (Å²) in [5, 5.41) is 17.9. The van der Waals surface area contributed by atoms with E-state index in [-0.39, 0.29) is 27.8 Å². The lowest BCUT2D eigenvalue weighted by Crippen LogP contribution is -2.05. The molecule has 0 unspecified atom stereocenters. The van der Waals surface area contributed by atoms with Gasteiger partial charge < -0.3 is 5.32 Å². The van der Waals surface area contributed by atoms with E-state index in [2.05, 4.69) is 22.1 Å². The van der Waals surface area contributed by atoms with Gasteiger partial charge in [-0.3, -0.25) is 10.1 Å². The van der Waals surface area contributed by atoms with E-state index < -0.39 is 16.7 Å². The predicted octanol–water partition coefficient (Wildman–Crippen LogP) is 5.36. The van der Waals surface area contributed by atoms with Crippen molar-refractivity contribution in [1.82, 2.24) is 4.98 Å². The van der Waals surface area contributed by atoms with Gasteiger partial charge in [0.25, 0.3) is 5.70 Å². The Morgan fingerprint density at radius 3 is 2.74 bits per heavy atom. The summed E-state index contributed by atoms with van der Waals surface area (Å²) in [7, 11) is 0. The molecule has 27 heavy (non-hydrogen) atoms. The molecular weight excluding hydrogens is 385 g/mol. The molecule has 0 atom stereocenters. The first kappa shape index (κ1) is 20.0. The topological polar surface area (TPSA) is 97.5 Å². The molecule has 0 saturated carbocycles. The minimum Gasteiger partial charge on any atom is -0.332 e. The van der Waals surface area contributed by atoms with E-state index in [0.717, 1.165) is 41.8 Å². The molecule has 0 aliphatic heterocycles. The Bertz CT molecular complexity index is 935. The number of nitro groups is 1. The molecular formula is C16H11F3N4O3S. The van der Waals surface area contributed by atoms with Gasteiger partial charge >= 0.3 is 6.18 Å². The lowest BCUT2D eigenvalue weighted by Gasteiger charge is -2.08. The molecule has 1 aromatic heterocycles. The molecule has 1 heterocycles. The third-order valence-corrected chi connectivity index (χ3v) is 3.91. The van der Waals surface area contributed by atoms with Crippen LogP contribution in [0.25, 0.3) is 5.57 Å². The molecule has 0 bridgehead atoms. The molecule has 2 aromatic rings. The summed E-state index contributed by atoms with van der Waals surface area (Å²) in [5.74, 6) is 0. The first-order valence-corrected chi connectivity index (χ1v) is 8.04. The SMILES string of the molecule is C=C/C(=C\C(=C/N=O)c1csc(Nc2cccc(C(F)(F)F)c2)n1)[N+](=O)[O-]. The largest absolute Gasteiger partial charge is 0.416 e. The second-order valence-corrected chi connectivity index (χ2v) is 5.82. The summed E-state index contributed by atoms with van der Waals surface area (Å²) in [5.41, 5.74) is -0.776. The third kappa shape index (κ3) is 5.31. The number of alkyl halides is 3. The van der Waals surface area contributed by atoms with Crippen LogP contribution in [0, 0.1) is 15.0 Å². The molecule has 1 aromatic carbocycles. The van der Waals surface area contributed by atoms with E-state index in [1.165, 1.54) is 17.5 Å². The van der Waals surface area contributed by atoms with Crippen LogP contribution in [0.3, 0.4) is 0 Å². The number of aromatic nitrogens is 1. The number of anilines is 2. The van der Waals surface area contributed by atoms with E-state index in [9.17, 15) is 28.2 Å². The van der Waals surface area contributed by atoms with E-state index in [1.807, 2.05) is 0 Å². The van der Waals surface area contributed by atoms with Crippen LogP contribution in [-0.2, 0) is 6.18 Å². The van der Waals surface area contributed by atoms with Gasteiger partial charge in [-0.25, -0.2) is 4.98 Å². The lowest BCUT2D eigenvalue weighted by atomic mass is 10.2.